The monoisotopic (exact) mass is 1890 g/mol. The zero-order valence-electron chi connectivity index (χ0n) is 68.4. The summed E-state index contributed by atoms with van der Waals surface area (Å²) >= 11 is 35.3. The number of piperidine rings is 2. The van der Waals surface area contributed by atoms with Gasteiger partial charge in [0.05, 0.1) is 26.1 Å². The largest absolute Gasteiger partial charge is 0.494 e. The lowest BCUT2D eigenvalue weighted by Gasteiger charge is -2.32. The molecule has 0 unspecified atom stereocenters. The van der Waals surface area contributed by atoms with E-state index in [-0.39, 0.29) is 67.5 Å². The van der Waals surface area contributed by atoms with Crippen LogP contribution in [0.5, 0.6) is 0 Å². The molecule has 3 aliphatic heterocycles. The van der Waals surface area contributed by atoms with Gasteiger partial charge in [0.25, 0.3) is 5.91 Å². The number of carboxylic acids is 2. The highest BCUT2D eigenvalue weighted by Crippen LogP contribution is 2.41. The zero-order valence-corrected chi connectivity index (χ0v) is 78.7. The van der Waals surface area contributed by atoms with Crippen LogP contribution in [0.25, 0.3) is 53.6 Å². The van der Waals surface area contributed by atoms with Crippen LogP contribution in [-0.2, 0) is 31.0 Å². The van der Waals surface area contributed by atoms with Crippen molar-refractivity contribution in [3.8, 4) is 53.6 Å². The minimum absolute atomic E-state index is 0.00787. The predicted octanol–water partition coefficient (Wildman–Crippen LogP) is 24.5. The van der Waals surface area contributed by atoms with E-state index in [9.17, 15) is 14.4 Å². The Labute approximate surface area is 741 Å². The number of hydrogen-bond acceptors (Lipinski definition) is 16. The number of carbonyl (C=O) groups is 3. The number of carbonyl (C=O) groups excluding carboxylic acids is 1. The van der Waals surface area contributed by atoms with Gasteiger partial charge in [-0.3, -0.25) is 24.7 Å². The minimum Gasteiger partial charge on any atom is -0.478 e. The number of nitrogens with one attached hydrogen (secondary N) is 1. The zero-order chi connectivity index (χ0) is 85.3. The van der Waals surface area contributed by atoms with Crippen molar-refractivity contribution in [2.45, 2.75) is 182 Å². The Kier molecular flexibility index (Phi) is 34.7. The van der Waals surface area contributed by atoms with Crippen molar-refractivity contribution in [1.29, 1.82) is 0 Å². The lowest BCUT2D eigenvalue weighted by atomic mass is 9.77. The molecule has 1 amide bonds. The molecule has 14 rings (SSSR count). The van der Waals surface area contributed by atoms with E-state index in [2.05, 4.69) is 243 Å². The Bertz CT molecular complexity index is 5070. The molecule has 3 aromatic carbocycles. The molecule has 0 aliphatic carbocycles. The summed E-state index contributed by atoms with van der Waals surface area (Å²) in [5.74, 6) is -2.01. The van der Waals surface area contributed by atoms with Crippen molar-refractivity contribution in [1.82, 2.24) is 30.2 Å². The second-order valence-corrected chi connectivity index (χ2v) is 41.3. The number of thiophene rings is 4. The van der Waals surface area contributed by atoms with E-state index in [4.69, 9.17) is 64.4 Å². The Hall–Kier alpha value is -6.29. The molecule has 116 heavy (non-hydrogen) atoms. The van der Waals surface area contributed by atoms with Gasteiger partial charge < -0.3 is 39.8 Å². The first kappa shape index (κ1) is 95.2. The van der Waals surface area contributed by atoms with E-state index in [1.807, 2.05) is 82.9 Å². The van der Waals surface area contributed by atoms with Crippen molar-refractivity contribution in [3.63, 3.8) is 0 Å². The van der Waals surface area contributed by atoms with Gasteiger partial charge >= 0.3 is 26.2 Å². The minimum atomic E-state index is -1.68. The number of halogens is 6. The highest BCUT2D eigenvalue weighted by molar-refractivity contribution is 9.11. The highest BCUT2D eigenvalue weighted by Gasteiger charge is 2.52. The molecule has 0 atom stereocenters. The van der Waals surface area contributed by atoms with Crippen molar-refractivity contribution in [2.24, 2.45) is 0 Å². The third-order valence-electron chi connectivity index (χ3n) is 19.2. The number of amides is 1. The van der Waals surface area contributed by atoms with Crippen LogP contribution >= 0.6 is 128 Å². The van der Waals surface area contributed by atoms with Gasteiger partial charge in [-0.2, -0.15) is 0 Å². The third kappa shape index (κ3) is 27.9. The van der Waals surface area contributed by atoms with Crippen LogP contribution in [0.4, 0.5) is 0 Å². The summed E-state index contributed by atoms with van der Waals surface area (Å²) in [6.45, 7) is 38.4. The standard InChI is InChI=1S/C25H27ClN2OS.C20H18ClNO2S.C15H24BNO2.C13H14BrNS.C7H6BClO4.C5H11N.C4H2Br2S/c1-25(2,3)23-15-17(9-10-27-23)22-14-19(16-30-22)20-8-7-18(13-21(20)26)24(29)28-11-5-4-6-12-28;1-20(2,3)18-10-12(6-7-22-18)17-9-14(11-25-17)15-5-4-13(19(23)24)8-16(15)21;1-13(2,3)12-10-11(8-9-17-12)16-18-14(4,5)15(6,7)19-16;1-13(2,3)12-6-9(4-5-15-12)11-7-10(14)8-16-11;9-6-3-4(7(10)11)1-2-5(6)8(12)13;1-2-4-6-5-3-1;5-3-1-4(6)7-2-3/h7-10,13-16H,4-6,11-12H2,1-3H3;4-11H,1-3H3,(H,23,24);8-10H,1-7H3;4-8H,1-3H3;1-3,12-13H,(H,10,11);6H,1-5H2;1-2H. The van der Waals surface area contributed by atoms with E-state index in [1.54, 1.807) is 57.5 Å². The van der Waals surface area contributed by atoms with E-state index in [0.29, 0.717) is 15.6 Å². The van der Waals surface area contributed by atoms with Gasteiger partial charge in [-0.1, -0.05) is 143 Å². The molecule has 15 nitrogen and oxygen atoms in total. The first-order valence-corrected chi connectivity index (χ1v) is 45.2. The van der Waals surface area contributed by atoms with E-state index in [0.717, 1.165) is 95.8 Å². The second kappa shape index (κ2) is 42.3. The van der Waals surface area contributed by atoms with Gasteiger partial charge in [0.2, 0.25) is 0 Å². The van der Waals surface area contributed by atoms with Crippen LogP contribution in [0, 0.1) is 0 Å². The Balaban J connectivity index is 0.000000178. The molecule has 11 heterocycles. The van der Waals surface area contributed by atoms with Crippen LogP contribution in [0.15, 0.2) is 186 Å². The molecule has 5 N–H and O–H groups in total. The summed E-state index contributed by atoms with van der Waals surface area (Å²) in [6, 6.07) is 39.2. The Morgan fingerprint density at radius 3 is 1.19 bits per heavy atom. The molecule has 27 heteroatoms. The van der Waals surface area contributed by atoms with E-state index < -0.39 is 19.1 Å². The first-order chi connectivity index (χ1) is 54.4. The normalized spacial score (nSPS) is 14.4. The number of rotatable bonds is 10. The molecule has 3 aliphatic rings. The average molecular weight is 1900 g/mol. The number of nitrogens with zero attached hydrogens (tertiary/aromatic N) is 5. The van der Waals surface area contributed by atoms with E-state index >= 15 is 0 Å². The fourth-order valence-corrected chi connectivity index (χ4v) is 17.8. The quantitative estimate of drug-likeness (QED) is 0.0805. The maximum Gasteiger partial charge on any atom is 0.494 e. The third-order valence-corrected chi connectivity index (χ3v) is 26.2. The summed E-state index contributed by atoms with van der Waals surface area (Å²) in [5.41, 5.74) is 13.2. The Morgan fingerprint density at radius 2 is 0.836 bits per heavy atom. The topological polar surface area (TPSA) is 217 Å². The average Bonchev–Trinajstić information content (AvgIpc) is 1.62. The van der Waals surface area contributed by atoms with Crippen LogP contribution < -0.4 is 16.2 Å². The van der Waals surface area contributed by atoms with E-state index in [1.165, 1.54) is 87.7 Å². The van der Waals surface area contributed by atoms with Crippen LogP contribution in [0.3, 0.4) is 0 Å². The molecular formula is C89H102B2Br3Cl3N6O9S4. The van der Waals surface area contributed by atoms with Gasteiger partial charge in [0.15, 0.2) is 0 Å². The SMILES string of the molecule is Brc1csc(Br)c1.C1CCNCC1.CC(C)(C)c1cc(-c2cc(-c3ccc(C(=O)N4CCCCC4)cc3Cl)cs2)ccn1.CC(C)(C)c1cc(-c2cc(-c3ccc(C(=O)O)cc3Cl)cs2)ccn1.CC(C)(C)c1cc(-c2cc(Br)cs2)ccn1.CC(C)(C)c1cc(B2OC(C)(C)C(C)(C)O2)ccn1.O=C(O)c1ccc(B(O)O)c(Cl)c1. The van der Waals surface area contributed by atoms with Gasteiger partial charge in [0.1, 0.15) is 0 Å². The number of aromatic carboxylic acids is 2. The maximum absolute atomic E-state index is 12.8. The van der Waals surface area contributed by atoms with Crippen molar-refractivity contribution in [3.05, 3.63) is 241 Å². The second-order valence-electron chi connectivity index (χ2n) is 33.2. The molecular weight excluding hydrogens is 1790 g/mol. The smallest absolute Gasteiger partial charge is 0.478 e. The molecule has 0 spiro atoms. The molecule has 0 radical (unpaired) electrons. The predicted molar refractivity (Wildman–Crippen MR) is 497 cm³/mol. The summed E-state index contributed by atoms with van der Waals surface area (Å²) in [6.07, 6.45) is 15.0. The number of carboxylic acid groups (broad SMARTS) is 2. The van der Waals surface area contributed by atoms with Crippen LogP contribution in [0.1, 0.15) is 203 Å². The molecule has 3 fully saturated rings. The maximum atomic E-state index is 12.8. The number of benzene rings is 3. The highest BCUT2D eigenvalue weighted by atomic mass is 79.9. The molecule has 0 bridgehead atoms. The van der Waals surface area contributed by atoms with Gasteiger partial charge in [-0.25, -0.2) is 9.59 Å². The molecule has 11 aromatic rings. The molecule has 0 saturated carbocycles. The summed E-state index contributed by atoms with van der Waals surface area (Å²) in [5, 5.41) is 47.8. The first-order valence-electron chi connectivity index (χ1n) is 38.1. The Morgan fingerprint density at radius 1 is 0.457 bits per heavy atom. The molecule has 8 aromatic heterocycles. The number of likely N-dealkylation sites (tertiary alicyclic amines) is 1. The summed E-state index contributed by atoms with van der Waals surface area (Å²) in [7, 11) is -2.00. The summed E-state index contributed by atoms with van der Waals surface area (Å²) in [4.78, 5) is 57.7. The fraction of sp³-hybridized carbons (Fsp3) is 0.360. The summed E-state index contributed by atoms with van der Waals surface area (Å²) < 4.78 is 15.6. The lowest BCUT2D eigenvalue weighted by Crippen LogP contribution is -2.41. The van der Waals surface area contributed by atoms with Crippen molar-refractivity contribution in [2.75, 3.05) is 26.2 Å². The number of aromatic nitrogens is 4. The lowest BCUT2D eigenvalue weighted by molar-refractivity contribution is 0.00578. The number of hydrogen-bond donors (Lipinski definition) is 5. The molecule has 614 valence electrons. The van der Waals surface area contributed by atoms with Gasteiger partial charge in [-0.05, 0) is 274 Å². The molecule has 3 saturated heterocycles. The van der Waals surface area contributed by atoms with Crippen molar-refractivity contribution >= 4 is 171 Å². The number of pyridine rings is 4. The fourth-order valence-electron chi connectivity index (χ4n) is 11.7. The van der Waals surface area contributed by atoms with Crippen molar-refractivity contribution < 1.29 is 44.0 Å². The van der Waals surface area contributed by atoms with Crippen LogP contribution in [-0.4, -0.2) is 115 Å². The van der Waals surface area contributed by atoms with Crippen LogP contribution in [0.2, 0.25) is 15.1 Å². The van der Waals surface area contributed by atoms with Gasteiger partial charge in [-0.15, -0.1) is 45.3 Å². The van der Waals surface area contributed by atoms with Gasteiger partial charge in [0, 0.05) is 154 Å².